The molecule has 7 nitrogen and oxygen atoms in total. The molecule has 8 heteroatoms. The van der Waals surface area contributed by atoms with Crippen molar-refractivity contribution in [3.63, 3.8) is 0 Å². The first-order valence-electron chi connectivity index (χ1n) is 6.04. The van der Waals surface area contributed by atoms with Crippen LogP contribution in [0.4, 0.5) is 15.0 Å². The molecule has 108 valence electrons. The average Bonchev–Trinajstić information content (AvgIpc) is 2.80. The summed E-state index contributed by atoms with van der Waals surface area (Å²) in [6.07, 6.45) is 1.01. The number of halogens is 1. The third kappa shape index (κ3) is 3.41. The highest BCUT2D eigenvalue weighted by Crippen LogP contribution is 2.10. The van der Waals surface area contributed by atoms with Gasteiger partial charge in [-0.05, 0) is 12.1 Å². The van der Waals surface area contributed by atoms with Crippen molar-refractivity contribution in [1.82, 2.24) is 14.8 Å². The summed E-state index contributed by atoms with van der Waals surface area (Å²) in [6.45, 7) is 1.07. The normalized spacial score (nSPS) is 14.8. The molecule has 2 heterocycles. The smallest absolute Gasteiger partial charge is 0.324 e. The number of amides is 3. The molecule has 1 saturated heterocycles. The molecule has 1 N–H and O–H groups in total. The van der Waals surface area contributed by atoms with Gasteiger partial charge in [0.25, 0.3) is 0 Å². The number of hydrogen-bond donors (Lipinski definition) is 1. The molecule has 0 aliphatic carbocycles. The predicted octanol–water partition coefficient (Wildman–Crippen LogP) is 0.501. The second kappa shape index (κ2) is 6.29. The van der Waals surface area contributed by atoms with E-state index in [9.17, 15) is 14.0 Å². The zero-order valence-electron chi connectivity index (χ0n) is 11.0. The number of rotatable bonds is 4. The number of urea groups is 1. The Balaban J connectivity index is 1.90. The monoisotopic (exact) mass is 282 g/mol. The van der Waals surface area contributed by atoms with Crippen molar-refractivity contribution in [3.05, 3.63) is 24.1 Å². The Bertz CT molecular complexity index is 494. The molecule has 1 aliphatic rings. The number of aromatic nitrogens is 1. The fraction of sp³-hybridized carbons (Fsp3) is 0.417. The number of pyridine rings is 1. The lowest BCUT2D eigenvalue weighted by Gasteiger charge is -2.18. The van der Waals surface area contributed by atoms with Gasteiger partial charge in [0.05, 0.1) is 19.5 Å². The van der Waals surface area contributed by atoms with Crippen LogP contribution in [0.1, 0.15) is 0 Å². The summed E-state index contributed by atoms with van der Waals surface area (Å²) in [6, 6.07) is 2.11. The van der Waals surface area contributed by atoms with Crippen molar-refractivity contribution in [2.75, 3.05) is 38.8 Å². The van der Waals surface area contributed by atoms with Crippen molar-refractivity contribution in [3.8, 4) is 0 Å². The molecule has 0 unspecified atom stereocenters. The third-order valence-corrected chi connectivity index (χ3v) is 2.84. The van der Waals surface area contributed by atoms with Crippen LogP contribution in [0.15, 0.2) is 18.3 Å². The molecule has 0 atom stereocenters. The lowest BCUT2D eigenvalue weighted by Crippen LogP contribution is -2.35. The summed E-state index contributed by atoms with van der Waals surface area (Å²) in [7, 11) is 1.55. The van der Waals surface area contributed by atoms with Crippen LogP contribution in [-0.2, 0) is 9.53 Å². The molecule has 0 saturated carbocycles. The molecule has 1 aromatic heterocycles. The van der Waals surface area contributed by atoms with Gasteiger partial charge in [-0.1, -0.05) is 0 Å². The third-order valence-electron chi connectivity index (χ3n) is 2.84. The molecule has 1 aromatic rings. The molecule has 1 fully saturated rings. The van der Waals surface area contributed by atoms with E-state index in [1.54, 1.807) is 7.11 Å². The quantitative estimate of drug-likeness (QED) is 0.872. The van der Waals surface area contributed by atoms with E-state index in [0.29, 0.717) is 13.2 Å². The van der Waals surface area contributed by atoms with E-state index in [4.69, 9.17) is 4.74 Å². The van der Waals surface area contributed by atoms with Gasteiger partial charge in [0, 0.05) is 13.7 Å². The lowest BCUT2D eigenvalue weighted by atomic mass is 10.4. The molecule has 1 aliphatic heterocycles. The molecule has 2 rings (SSSR count). The minimum atomic E-state index is -0.481. The van der Waals surface area contributed by atoms with Crippen molar-refractivity contribution in [2.24, 2.45) is 0 Å². The number of ether oxygens (including phenoxy) is 1. The Kier molecular flexibility index (Phi) is 4.46. The number of nitrogens with zero attached hydrogens (tertiary/aromatic N) is 3. The Morgan fingerprint density at radius 3 is 3.00 bits per heavy atom. The second-order valence-corrected chi connectivity index (χ2v) is 4.28. The van der Waals surface area contributed by atoms with Crippen LogP contribution in [0.25, 0.3) is 0 Å². The minimum Gasteiger partial charge on any atom is -0.383 e. The van der Waals surface area contributed by atoms with E-state index in [1.807, 2.05) is 0 Å². The largest absolute Gasteiger partial charge is 0.383 e. The predicted molar refractivity (Wildman–Crippen MR) is 68.4 cm³/mol. The molecule has 0 bridgehead atoms. The van der Waals surface area contributed by atoms with Gasteiger partial charge in [-0.3, -0.25) is 15.0 Å². The zero-order valence-corrected chi connectivity index (χ0v) is 11.0. The Morgan fingerprint density at radius 1 is 1.55 bits per heavy atom. The summed E-state index contributed by atoms with van der Waals surface area (Å²) in [5, 5.41) is 2.51. The van der Waals surface area contributed by atoms with Crippen LogP contribution in [0.5, 0.6) is 0 Å². The highest BCUT2D eigenvalue weighted by molar-refractivity contribution is 5.93. The van der Waals surface area contributed by atoms with Crippen LogP contribution < -0.4 is 5.32 Å². The van der Waals surface area contributed by atoms with Gasteiger partial charge in [-0.2, -0.15) is 0 Å². The van der Waals surface area contributed by atoms with E-state index in [0.717, 1.165) is 6.20 Å². The summed E-state index contributed by atoms with van der Waals surface area (Å²) in [5.41, 5.74) is 0. The second-order valence-electron chi connectivity index (χ2n) is 4.28. The number of anilines is 1. The average molecular weight is 282 g/mol. The van der Waals surface area contributed by atoms with E-state index < -0.39 is 11.8 Å². The fourth-order valence-corrected chi connectivity index (χ4v) is 1.77. The number of carbonyl (C=O) groups is 2. The first-order valence-corrected chi connectivity index (χ1v) is 6.04. The van der Waals surface area contributed by atoms with Gasteiger partial charge in [-0.25, -0.2) is 14.2 Å². The molecular weight excluding hydrogens is 267 g/mol. The summed E-state index contributed by atoms with van der Waals surface area (Å²) in [4.78, 5) is 30.2. The van der Waals surface area contributed by atoms with Gasteiger partial charge in [0.15, 0.2) is 0 Å². The lowest BCUT2D eigenvalue weighted by molar-refractivity contribution is -0.127. The number of carbonyl (C=O) groups excluding carboxylic acids is 2. The van der Waals surface area contributed by atoms with Crippen molar-refractivity contribution < 1.29 is 18.7 Å². The molecule has 0 aromatic carbocycles. The Morgan fingerprint density at radius 2 is 2.35 bits per heavy atom. The van der Waals surface area contributed by atoms with Crippen LogP contribution in [0.2, 0.25) is 0 Å². The number of methoxy groups -OCH3 is 1. The van der Waals surface area contributed by atoms with Gasteiger partial charge < -0.3 is 9.64 Å². The summed E-state index contributed by atoms with van der Waals surface area (Å²) < 4.78 is 17.6. The van der Waals surface area contributed by atoms with E-state index in [-0.39, 0.29) is 24.9 Å². The Labute approximate surface area is 115 Å². The van der Waals surface area contributed by atoms with Crippen molar-refractivity contribution in [2.45, 2.75) is 0 Å². The van der Waals surface area contributed by atoms with Gasteiger partial charge in [-0.15, -0.1) is 0 Å². The van der Waals surface area contributed by atoms with Gasteiger partial charge in [0.1, 0.15) is 18.2 Å². The summed E-state index contributed by atoms with van der Waals surface area (Å²) >= 11 is 0. The molecule has 0 spiro atoms. The van der Waals surface area contributed by atoms with Crippen LogP contribution in [0.3, 0.4) is 0 Å². The van der Waals surface area contributed by atoms with Gasteiger partial charge in [0.2, 0.25) is 5.91 Å². The van der Waals surface area contributed by atoms with Crippen LogP contribution in [-0.4, -0.2) is 60.2 Å². The molecular formula is C12H15FN4O3. The summed E-state index contributed by atoms with van der Waals surface area (Å²) in [5.74, 6) is -0.381. The fourth-order valence-electron chi connectivity index (χ4n) is 1.77. The highest BCUT2D eigenvalue weighted by atomic mass is 19.1. The first-order chi connectivity index (χ1) is 9.60. The minimum absolute atomic E-state index is 0.0107. The number of hydrogen-bond acceptors (Lipinski definition) is 4. The van der Waals surface area contributed by atoms with Crippen LogP contribution in [0, 0.1) is 5.82 Å². The van der Waals surface area contributed by atoms with E-state index in [2.05, 4.69) is 10.3 Å². The van der Waals surface area contributed by atoms with Gasteiger partial charge >= 0.3 is 6.03 Å². The van der Waals surface area contributed by atoms with Crippen molar-refractivity contribution in [1.29, 1.82) is 0 Å². The maximum absolute atomic E-state index is 12.7. The SMILES string of the molecule is COCCN1CN(C(=O)Nc2ccc(F)cn2)CC1=O. The highest BCUT2D eigenvalue weighted by Gasteiger charge is 2.30. The zero-order chi connectivity index (χ0) is 14.5. The molecule has 0 radical (unpaired) electrons. The molecule has 20 heavy (non-hydrogen) atoms. The standard InChI is InChI=1S/C12H15FN4O3/c1-20-5-4-16-8-17(7-11(16)18)12(19)15-10-3-2-9(13)6-14-10/h2-3,6H,4-5,7-8H2,1H3,(H,14,15,19). The van der Waals surface area contributed by atoms with Crippen molar-refractivity contribution >= 4 is 17.8 Å². The maximum atomic E-state index is 12.7. The Hall–Kier alpha value is -2.22. The van der Waals surface area contributed by atoms with Crippen LogP contribution >= 0.6 is 0 Å². The topological polar surface area (TPSA) is 74.8 Å². The van der Waals surface area contributed by atoms with E-state index in [1.165, 1.54) is 21.9 Å². The molecule has 3 amide bonds. The maximum Gasteiger partial charge on any atom is 0.324 e. The van der Waals surface area contributed by atoms with E-state index >= 15 is 0 Å². The first kappa shape index (κ1) is 14.2. The number of nitrogens with one attached hydrogen (secondary N) is 1.